The number of rotatable bonds is 11. The molecule has 0 aliphatic rings. The highest BCUT2D eigenvalue weighted by Gasteiger charge is 2.36. The highest BCUT2D eigenvalue weighted by Crippen LogP contribution is 2.29. The standard InChI is InChI=1S/C18H20N2O6S2/c19-15(17(23)24)13(11-3-1-7-27-11)9(21)5-6-10(22)14(16(20)18(25)26)12-4-2-8-28-12/h1-4,7-8,13-16H,5-6,19-20H2,(H,23,24)(H,25,26). The van der Waals surface area contributed by atoms with Gasteiger partial charge in [-0.05, 0) is 22.9 Å². The van der Waals surface area contributed by atoms with E-state index >= 15 is 0 Å². The third-order valence-electron chi connectivity index (χ3n) is 4.30. The molecule has 0 saturated carbocycles. The number of hydrogen-bond acceptors (Lipinski definition) is 8. The summed E-state index contributed by atoms with van der Waals surface area (Å²) in [7, 11) is 0. The summed E-state index contributed by atoms with van der Waals surface area (Å²) in [5.41, 5.74) is 11.4. The number of carbonyl (C=O) groups is 4. The average Bonchev–Trinajstić information content (AvgIpc) is 3.34. The summed E-state index contributed by atoms with van der Waals surface area (Å²) < 4.78 is 0. The molecule has 8 nitrogen and oxygen atoms in total. The lowest BCUT2D eigenvalue weighted by Crippen LogP contribution is -2.41. The minimum Gasteiger partial charge on any atom is -0.480 e. The summed E-state index contributed by atoms with van der Waals surface area (Å²) in [5.74, 6) is -5.75. The van der Waals surface area contributed by atoms with Crippen molar-refractivity contribution in [3.8, 4) is 0 Å². The van der Waals surface area contributed by atoms with E-state index in [2.05, 4.69) is 0 Å². The summed E-state index contributed by atoms with van der Waals surface area (Å²) in [6, 6.07) is 3.72. The second-order valence-electron chi connectivity index (χ2n) is 6.15. The van der Waals surface area contributed by atoms with Gasteiger partial charge in [0.05, 0.1) is 11.8 Å². The Labute approximate surface area is 168 Å². The molecule has 0 radical (unpaired) electrons. The molecule has 4 unspecified atom stereocenters. The Morgan fingerprint density at radius 2 is 1.14 bits per heavy atom. The molecule has 0 spiro atoms. The number of nitrogens with two attached hydrogens (primary N) is 2. The van der Waals surface area contributed by atoms with Crippen LogP contribution in [0.2, 0.25) is 0 Å². The monoisotopic (exact) mass is 424 g/mol. The lowest BCUT2D eigenvalue weighted by atomic mass is 9.87. The minimum atomic E-state index is -1.43. The van der Waals surface area contributed by atoms with Gasteiger partial charge in [0.25, 0.3) is 0 Å². The van der Waals surface area contributed by atoms with E-state index in [9.17, 15) is 29.4 Å². The van der Waals surface area contributed by atoms with Gasteiger partial charge in [0.2, 0.25) is 0 Å². The third-order valence-corrected chi connectivity index (χ3v) is 6.21. The Morgan fingerprint density at radius 3 is 1.39 bits per heavy atom. The van der Waals surface area contributed by atoms with Crippen LogP contribution >= 0.6 is 22.7 Å². The normalized spacial score (nSPS) is 15.4. The van der Waals surface area contributed by atoms with Crippen LogP contribution in [0.4, 0.5) is 0 Å². The first-order valence-electron chi connectivity index (χ1n) is 8.33. The van der Waals surface area contributed by atoms with Gasteiger partial charge in [-0.25, -0.2) is 0 Å². The third kappa shape index (κ3) is 5.10. The molecule has 2 rings (SSSR count). The smallest absolute Gasteiger partial charge is 0.321 e. The van der Waals surface area contributed by atoms with Crippen LogP contribution in [0, 0.1) is 0 Å². The van der Waals surface area contributed by atoms with Crippen molar-refractivity contribution in [1.82, 2.24) is 0 Å². The number of carboxylic acid groups (broad SMARTS) is 2. The Bertz CT molecular complexity index is 764. The number of Topliss-reactive ketones (excluding diaryl/α,β-unsaturated/α-hetero) is 2. The Kier molecular flexibility index (Phi) is 7.58. The molecule has 2 aromatic heterocycles. The zero-order chi connectivity index (χ0) is 20.8. The maximum absolute atomic E-state index is 12.7. The summed E-state index contributed by atoms with van der Waals surface area (Å²) in [6.07, 6.45) is -0.507. The maximum Gasteiger partial charge on any atom is 0.321 e. The molecule has 0 amide bonds. The van der Waals surface area contributed by atoms with E-state index in [1.807, 2.05) is 0 Å². The van der Waals surface area contributed by atoms with Gasteiger partial charge in [0, 0.05) is 22.6 Å². The van der Waals surface area contributed by atoms with Crippen LogP contribution in [-0.2, 0) is 19.2 Å². The van der Waals surface area contributed by atoms with Gasteiger partial charge in [-0.15, -0.1) is 22.7 Å². The number of ketones is 2. The first-order chi connectivity index (χ1) is 13.2. The Hall–Kier alpha value is -2.40. The van der Waals surface area contributed by atoms with E-state index in [0.29, 0.717) is 9.75 Å². The molecule has 2 heterocycles. The zero-order valence-corrected chi connectivity index (χ0v) is 16.3. The second-order valence-corrected chi connectivity index (χ2v) is 8.11. The number of hydrogen-bond donors (Lipinski definition) is 4. The molecule has 0 fully saturated rings. The van der Waals surface area contributed by atoms with E-state index in [-0.39, 0.29) is 12.8 Å². The topological polar surface area (TPSA) is 161 Å². The minimum absolute atomic E-state index is 0.253. The van der Waals surface area contributed by atoms with E-state index in [1.54, 1.807) is 35.0 Å². The van der Waals surface area contributed by atoms with Crippen LogP contribution in [0.3, 0.4) is 0 Å². The van der Waals surface area contributed by atoms with Crippen molar-refractivity contribution in [2.75, 3.05) is 0 Å². The largest absolute Gasteiger partial charge is 0.480 e. The van der Waals surface area contributed by atoms with Gasteiger partial charge in [-0.2, -0.15) is 0 Å². The predicted octanol–water partition coefficient (Wildman–Crippen LogP) is 1.42. The molecule has 10 heteroatoms. The Balaban J connectivity index is 2.15. The van der Waals surface area contributed by atoms with Crippen molar-refractivity contribution in [1.29, 1.82) is 0 Å². The van der Waals surface area contributed by atoms with Crippen LogP contribution in [0.15, 0.2) is 35.0 Å². The van der Waals surface area contributed by atoms with Crippen LogP contribution in [-0.4, -0.2) is 45.8 Å². The SMILES string of the molecule is NC(C(=O)O)C(C(=O)CCC(=O)C(c1cccs1)C(N)C(=O)O)c1cccs1. The van der Waals surface area contributed by atoms with E-state index in [1.165, 1.54) is 22.7 Å². The van der Waals surface area contributed by atoms with Gasteiger partial charge >= 0.3 is 11.9 Å². The predicted molar refractivity (Wildman–Crippen MR) is 105 cm³/mol. The van der Waals surface area contributed by atoms with Crippen LogP contribution < -0.4 is 11.5 Å². The molecule has 150 valence electrons. The summed E-state index contributed by atoms with van der Waals surface area (Å²) in [6.45, 7) is 0. The fraction of sp³-hybridized carbons (Fsp3) is 0.333. The lowest BCUT2D eigenvalue weighted by molar-refractivity contribution is -0.142. The molecule has 28 heavy (non-hydrogen) atoms. The fourth-order valence-electron chi connectivity index (χ4n) is 2.85. The molecule has 0 aliphatic heterocycles. The van der Waals surface area contributed by atoms with Crippen molar-refractivity contribution in [3.05, 3.63) is 44.8 Å². The maximum atomic E-state index is 12.7. The highest BCUT2D eigenvalue weighted by molar-refractivity contribution is 7.10. The summed E-state index contributed by atoms with van der Waals surface area (Å²) in [4.78, 5) is 48.9. The van der Waals surface area contributed by atoms with Gasteiger partial charge in [0.15, 0.2) is 0 Å². The van der Waals surface area contributed by atoms with Crippen molar-refractivity contribution < 1.29 is 29.4 Å². The molecule has 0 saturated heterocycles. The summed E-state index contributed by atoms with van der Waals surface area (Å²) >= 11 is 2.41. The number of aliphatic carboxylic acids is 2. The molecule has 0 bridgehead atoms. The first-order valence-corrected chi connectivity index (χ1v) is 10.1. The molecular weight excluding hydrogens is 404 g/mol. The summed E-state index contributed by atoms with van der Waals surface area (Å²) in [5, 5.41) is 21.8. The van der Waals surface area contributed by atoms with Gasteiger partial charge in [-0.1, -0.05) is 12.1 Å². The number of thiophene rings is 2. The molecule has 4 atom stereocenters. The molecule has 6 N–H and O–H groups in total. The second kappa shape index (κ2) is 9.69. The van der Waals surface area contributed by atoms with E-state index in [0.717, 1.165) is 0 Å². The van der Waals surface area contributed by atoms with Crippen molar-refractivity contribution >= 4 is 46.2 Å². The molecule has 0 aromatic carbocycles. The fourth-order valence-corrected chi connectivity index (χ4v) is 4.64. The van der Waals surface area contributed by atoms with Gasteiger partial charge in [0.1, 0.15) is 23.7 Å². The van der Waals surface area contributed by atoms with Crippen LogP contribution in [0.1, 0.15) is 34.4 Å². The average molecular weight is 425 g/mol. The number of carboxylic acids is 2. The van der Waals surface area contributed by atoms with Gasteiger partial charge in [-0.3, -0.25) is 19.2 Å². The van der Waals surface area contributed by atoms with E-state index < -0.39 is 47.4 Å². The lowest BCUT2D eigenvalue weighted by Gasteiger charge is -2.20. The van der Waals surface area contributed by atoms with Crippen molar-refractivity contribution in [2.45, 2.75) is 36.8 Å². The van der Waals surface area contributed by atoms with E-state index in [4.69, 9.17) is 11.5 Å². The number of carbonyl (C=O) groups excluding carboxylic acids is 2. The first kappa shape index (κ1) is 21.9. The quantitative estimate of drug-likeness (QED) is 0.421. The van der Waals surface area contributed by atoms with Gasteiger partial charge < -0.3 is 21.7 Å². The Morgan fingerprint density at radius 1 is 0.786 bits per heavy atom. The van der Waals surface area contributed by atoms with Crippen molar-refractivity contribution in [2.24, 2.45) is 11.5 Å². The van der Waals surface area contributed by atoms with Crippen LogP contribution in [0.25, 0.3) is 0 Å². The highest BCUT2D eigenvalue weighted by atomic mass is 32.1. The van der Waals surface area contributed by atoms with Crippen molar-refractivity contribution in [3.63, 3.8) is 0 Å². The molecule has 0 aliphatic carbocycles. The molecule has 2 aromatic rings. The zero-order valence-electron chi connectivity index (χ0n) is 14.7. The van der Waals surface area contributed by atoms with Crippen LogP contribution in [0.5, 0.6) is 0 Å². The molecular formula is C18H20N2O6S2.